The smallest absolute Gasteiger partial charge is 0.387 e. The normalized spacial score (nSPS) is 13.1. The molecule has 1 heterocycles. The van der Waals surface area contributed by atoms with E-state index in [4.69, 9.17) is 9.72 Å². The van der Waals surface area contributed by atoms with Gasteiger partial charge in [0, 0.05) is 23.5 Å². The average Bonchev–Trinajstić information content (AvgIpc) is 3.72. The van der Waals surface area contributed by atoms with E-state index in [1.165, 1.54) is 13.2 Å². The number of methoxy groups -OCH3 is 1. The zero-order valence-corrected chi connectivity index (χ0v) is 19.2. The minimum atomic E-state index is -2.95. The fourth-order valence-corrected chi connectivity index (χ4v) is 4.22. The molecular weight excluding hydrogens is 450 g/mol. The van der Waals surface area contributed by atoms with Crippen molar-refractivity contribution in [1.29, 1.82) is 0 Å². The van der Waals surface area contributed by atoms with Gasteiger partial charge in [0.1, 0.15) is 0 Å². The molecule has 1 amide bonds. The number of benzene rings is 3. The van der Waals surface area contributed by atoms with Gasteiger partial charge in [0.15, 0.2) is 11.5 Å². The molecule has 1 aromatic heterocycles. The van der Waals surface area contributed by atoms with Gasteiger partial charge in [-0.3, -0.25) is 4.79 Å². The highest BCUT2D eigenvalue weighted by Gasteiger charge is 2.34. The standard InChI is InChI=1S/C28H24F2N2O3/c1-34-26-15-18(11-14-25(26)35-28(29)30)17-32(20-12-13-20)27(33)22-16-24(19-7-3-2-4-8-19)31-23-10-6-5-9-21(22)23/h2-11,14-16,20,28H,12-13,17H2,1H3. The van der Waals surface area contributed by atoms with Gasteiger partial charge in [-0.05, 0) is 42.7 Å². The molecule has 5 nitrogen and oxygen atoms in total. The molecule has 0 bridgehead atoms. The van der Waals surface area contributed by atoms with Gasteiger partial charge < -0.3 is 14.4 Å². The number of para-hydroxylation sites is 1. The van der Waals surface area contributed by atoms with Crippen LogP contribution in [0.25, 0.3) is 22.2 Å². The maximum atomic E-state index is 13.9. The number of aromatic nitrogens is 1. The van der Waals surface area contributed by atoms with Crippen molar-refractivity contribution in [2.24, 2.45) is 0 Å². The van der Waals surface area contributed by atoms with Gasteiger partial charge in [-0.1, -0.05) is 54.6 Å². The molecule has 1 saturated carbocycles. The van der Waals surface area contributed by atoms with Gasteiger partial charge in [0.05, 0.1) is 23.9 Å². The van der Waals surface area contributed by atoms with Crippen molar-refractivity contribution in [2.45, 2.75) is 32.0 Å². The molecule has 1 aliphatic rings. The van der Waals surface area contributed by atoms with E-state index in [1.54, 1.807) is 12.1 Å². The number of rotatable bonds is 8. The molecule has 0 radical (unpaired) electrons. The second kappa shape index (κ2) is 9.70. The number of halogens is 2. The highest BCUT2D eigenvalue weighted by atomic mass is 19.3. The van der Waals surface area contributed by atoms with Crippen LogP contribution in [0.15, 0.2) is 78.9 Å². The Morgan fingerprint density at radius 1 is 1.00 bits per heavy atom. The molecule has 0 unspecified atom stereocenters. The van der Waals surface area contributed by atoms with Crippen LogP contribution in [0.1, 0.15) is 28.8 Å². The SMILES string of the molecule is COc1cc(CN(C(=O)c2cc(-c3ccccc3)nc3ccccc23)C2CC2)ccc1OC(F)F. The van der Waals surface area contributed by atoms with Crippen molar-refractivity contribution in [2.75, 3.05) is 7.11 Å². The molecular formula is C28H24F2N2O3. The average molecular weight is 475 g/mol. The molecule has 7 heteroatoms. The van der Waals surface area contributed by atoms with E-state index in [-0.39, 0.29) is 23.4 Å². The van der Waals surface area contributed by atoms with E-state index < -0.39 is 6.61 Å². The predicted molar refractivity (Wildman–Crippen MR) is 130 cm³/mol. The van der Waals surface area contributed by atoms with Gasteiger partial charge in [-0.15, -0.1) is 0 Å². The summed E-state index contributed by atoms with van der Waals surface area (Å²) in [5, 5.41) is 0.793. The van der Waals surface area contributed by atoms with Crippen LogP contribution in [-0.4, -0.2) is 35.6 Å². The summed E-state index contributed by atoms with van der Waals surface area (Å²) in [7, 11) is 1.40. The van der Waals surface area contributed by atoms with Gasteiger partial charge in [0.25, 0.3) is 5.91 Å². The first kappa shape index (κ1) is 22.8. The highest BCUT2D eigenvalue weighted by molar-refractivity contribution is 6.07. The summed E-state index contributed by atoms with van der Waals surface area (Å²) in [5.74, 6) is 0.0741. The van der Waals surface area contributed by atoms with Crippen LogP contribution in [0.5, 0.6) is 11.5 Å². The fraction of sp³-hybridized carbons (Fsp3) is 0.214. The molecule has 0 aliphatic heterocycles. The molecule has 0 N–H and O–H groups in total. The van der Waals surface area contributed by atoms with Crippen LogP contribution in [0, 0.1) is 0 Å². The summed E-state index contributed by atoms with van der Waals surface area (Å²) >= 11 is 0. The summed E-state index contributed by atoms with van der Waals surface area (Å²) in [4.78, 5) is 20.6. The first-order valence-electron chi connectivity index (χ1n) is 11.4. The van der Waals surface area contributed by atoms with Crippen LogP contribution < -0.4 is 9.47 Å². The largest absolute Gasteiger partial charge is 0.493 e. The number of ether oxygens (including phenoxy) is 2. The van der Waals surface area contributed by atoms with E-state index >= 15 is 0 Å². The monoisotopic (exact) mass is 474 g/mol. The molecule has 178 valence electrons. The topological polar surface area (TPSA) is 51.7 Å². The van der Waals surface area contributed by atoms with Crippen LogP contribution >= 0.6 is 0 Å². The van der Waals surface area contributed by atoms with Crippen molar-refractivity contribution in [3.8, 4) is 22.8 Å². The number of fused-ring (bicyclic) bond motifs is 1. The van der Waals surface area contributed by atoms with E-state index in [0.29, 0.717) is 12.1 Å². The van der Waals surface area contributed by atoms with Gasteiger partial charge in [-0.2, -0.15) is 8.78 Å². The second-order valence-corrected chi connectivity index (χ2v) is 8.47. The lowest BCUT2D eigenvalue weighted by molar-refractivity contribution is -0.0512. The quantitative estimate of drug-likeness (QED) is 0.300. The lowest BCUT2D eigenvalue weighted by atomic mass is 10.0. The maximum Gasteiger partial charge on any atom is 0.387 e. The number of hydrogen-bond donors (Lipinski definition) is 0. The molecule has 3 aromatic carbocycles. The molecule has 5 rings (SSSR count). The zero-order chi connectivity index (χ0) is 24.4. The van der Waals surface area contributed by atoms with E-state index in [0.717, 1.165) is 40.6 Å². The Labute approximate surface area is 201 Å². The van der Waals surface area contributed by atoms with Gasteiger partial charge in [-0.25, -0.2) is 4.98 Å². The number of hydrogen-bond acceptors (Lipinski definition) is 4. The maximum absolute atomic E-state index is 13.9. The first-order valence-corrected chi connectivity index (χ1v) is 11.4. The molecule has 1 aliphatic carbocycles. The predicted octanol–water partition coefficient (Wildman–Crippen LogP) is 6.32. The minimum absolute atomic E-state index is 0.0387. The van der Waals surface area contributed by atoms with Crippen molar-refractivity contribution in [3.63, 3.8) is 0 Å². The molecule has 0 atom stereocenters. The van der Waals surface area contributed by atoms with Crippen molar-refractivity contribution in [3.05, 3.63) is 90.0 Å². The summed E-state index contributed by atoms with van der Waals surface area (Å²) in [6.07, 6.45) is 1.84. The summed E-state index contributed by atoms with van der Waals surface area (Å²) in [6.45, 7) is -2.62. The van der Waals surface area contributed by atoms with Crippen molar-refractivity contribution < 1.29 is 23.0 Å². The third kappa shape index (κ3) is 4.94. The molecule has 0 spiro atoms. The Morgan fingerprint density at radius 2 is 1.74 bits per heavy atom. The van der Waals surface area contributed by atoms with E-state index in [9.17, 15) is 13.6 Å². The number of carbonyl (C=O) groups is 1. The van der Waals surface area contributed by atoms with Gasteiger partial charge >= 0.3 is 6.61 Å². The number of amides is 1. The number of nitrogens with zero attached hydrogens (tertiary/aromatic N) is 2. The Morgan fingerprint density at radius 3 is 2.46 bits per heavy atom. The lowest BCUT2D eigenvalue weighted by Crippen LogP contribution is -2.32. The Kier molecular flexibility index (Phi) is 6.31. The van der Waals surface area contributed by atoms with Crippen molar-refractivity contribution in [1.82, 2.24) is 9.88 Å². The number of pyridine rings is 1. The summed E-state index contributed by atoms with van der Waals surface area (Å²) < 4.78 is 35.2. The Balaban J connectivity index is 1.51. The third-order valence-electron chi connectivity index (χ3n) is 6.06. The highest BCUT2D eigenvalue weighted by Crippen LogP contribution is 2.35. The molecule has 0 saturated heterocycles. The van der Waals surface area contributed by atoms with Gasteiger partial charge in [0.2, 0.25) is 0 Å². The summed E-state index contributed by atoms with van der Waals surface area (Å²) in [6, 6.07) is 24.2. The Hall–Kier alpha value is -4.00. The second-order valence-electron chi connectivity index (χ2n) is 8.47. The molecule has 1 fully saturated rings. The molecule has 4 aromatic rings. The van der Waals surface area contributed by atoms with Crippen LogP contribution in [0.2, 0.25) is 0 Å². The van der Waals surface area contributed by atoms with Crippen LogP contribution in [0.4, 0.5) is 8.78 Å². The molecule has 35 heavy (non-hydrogen) atoms. The summed E-state index contributed by atoms with van der Waals surface area (Å²) in [5.41, 5.74) is 3.78. The van der Waals surface area contributed by atoms with E-state index in [1.807, 2.05) is 65.6 Å². The minimum Gasteiger partial charge on any atom is -0.493 e. The Bertz CT molecular complexity index is 1360. The number of carbonyl (C=O) groups excluding carboxylic acids is 1. The zero-order valence-electron chi connectivity index (χ0n) is 19.2. The first-order chi connectivity index (χ1) is 17.0. The van der Waals surface area contributed by atoms with E-state index in [2.05, 4.69) is 4.74 Å². The van der Waals surface area contributed by atoms with Crippen LogP contribution in [0.3, 0.4) is 0 Å². The van der Waals surface area contributed by atoms with Crippen molar-refractivity contribution >= 4 is 16.8 Å². The fourth-order valence-electron chi connectivity index (χ4n) is 4.22. The lowest BCUT2D eigenvalue weighted by Gasteiger charge is -2.24. The number of alkyl halides is 2. The van der Waals surface area contributed by atoms with Crippen LogP contribution in [-0.2, 0) is 6.54 Å². The third-order valence-corrected chi connectivity index (χ3v) is 6.06.